The van der Waals surface area contributed by atoms with Gasteiger partial charge in [-0.2, -0.15) is 18.2 Å². The van der Waals surface area contributed by atoms with E-state index in [1.807, 2.05) is 0 Å². The van der Waals surface area contributed by atoms with Crippen molar-refractivity contribution in [1.29, 1.82) is 0 Å². The van der Waals surface area contributed by atoms with Crippen LogP contribution in [0.3, 0.4) is 0 Å². The molecule has 1 aliphatic heterocycles. The minimum Gasteiger partial charge on any atom is -0.495 e. The molecule has 3 aromatic rings. The van der Waals surface area contributed by atoms with Crippen LogP contribution in [0.25, 0.3) is 0 Å². The van der Waals surface area contributed by atoms with Crippen molar-refractivity contribution in [3.8, 4) is 5.75 Å². The van der Waals surface area contributed by atoms with Gasteiger partial charge in [-0.25, -0.2) is 4.98 Å². The number of halogens is 3. The maximum Gasteiger partial charge on any atom is 0.421 e. The number of alkyl halides is 3. The number of morpholine rings is 1. The van der Waals surface area contributed by atoms with Gasteiger partial charge in [0.25, 0.3) is 5.91 Å². The number of anilines is 4. The molecule has 2 aliphatic carbocycles. The maximum atomic E-state index is 13.9. The number of methoxy groups -OCH3 is 1. The third kappa shape index (κ3) is 6.89. The van der Waals surface area contributed by atoms with E-state index in [-0.39, 0.29) is 29.4 Å². The average Bonchev–Trinajstić information content (AvgIpc) is 3.43. The largest absolute Gasteiger partial charge is 0.495 e. The van der Waals surface area contributed by atoms with Crippen LogP contribution in [0.5, 0.6) is 5.75 Å². The molecule has 238 valence electrons. The number of hydrogen-bond acceptors (Lipinski definition) is 9. The predicted molar refractivity (Wildman–Crippen MR) is 162 cm³/mol. The molecule has 45 heavy (non-hydrogen) atoms. The molecule has 2 aromatic carbocycles. The van der Waals surface area contributed by atoms with Gasteiger partial charge >= 0.3 is 6.18 Å². The first-order valence-corrected chi connectivity index (χ1v) is 15.1. The summed E-state index contributed by atoms with van der Waals surface area (Å²) in [7, 11) is 1.43. The summed E-state index contributed by atoms with van der Waals surface area (Å²) >= 11 is 0. The lowest BCUT2D eigenvalue weighted by Gasteiger charge is -2.38. The number of rotatable bonds is 8. The van der Waals surface area contributed by atoms with Crippen LogP contribution in [0, 0.1) is 0 Å². The number of nitrogens with zero attached hydrogens (tertiary/aromatic N) is 3. The van der Waals surface area contributed by atoms with Gasteiger partial charge in [-0.1, -0.05) is 12.1 Å². The number of ether oxygens (including phenoxy) is 2. The molecule has 1 saturated carbocycles. The van der Waals surface area contributed by atoms with Gasteiger partial charge in [0.15, 0.2) is 5.78 Å². The van der Waals surface area contributed by atoms with Gasteiger partial charge in [-0.3, -0.25) is 14.5 Å². The second-order valence-electron chi connectivity index (χ2n) is 11.5. The molecule has 1 aromatic heterocycles. The highest BCUT2D eigenvalue weighted by molar-refractivity contribution is 6.05. The molecule has 6 rings (SSSR count). The number of carbonyl (C=O) groups is 2. The van der Waals surface area contributed by atoms with Crippen LogP contribution in [0.15, 0.2) is 42.6 Å². The summed E-state index contributed by atoms with van der Waals surface area (Å²) < 4.78 is 52.7. The minimum absolute atomic E-state index is 0.0752. The van der Waals surface area contributed by atoms with E-state index in [1.54, 1.807) is 36.4 Å². The second kappa shape index (κ2) is 13.0. The highest BCUT2D eigenvalue weighted by atomic mass is 19.4. The van der Waals surface area contributed by atoms with Crippen LogP contribution in [-0.4, -0.2) is 72.1 Å². The van der Waals surface area contributed by atoms with Crippen LogP contribution < -0.4 is 20.7 Å². The molecule has 1 amide bonds. The molecule has 0 radical (unpaired) electrons. The molecule has 3 aliphatic rings. The van der Waals surface area contributed by atoms with E-state index in [4.69, 9.17) is 9.47 Å². The Morgan fingerprint density at radius 3 is 2.53 bits per heavy atom. The van der Waals surface area contributed by atoms with E-state index in [1.165, 1.54) is 7.11 Å². The number of Topliss-reactive ketones (excluding diaryl/α,β-unsaturated/α-hetero) is 1. The van der Waals surface area contributed by atoms with Crippen molar-refractivity contribution >= 4 is 34.8 Å². The highest BCUT2D eigenvalue weighted by Crippen LogP contribution is 2.38. The van der Waals surface area contributed by atoms with Gasteiger partial charge in [0.2, 0.25) is 5.95 Å². The summed E-state index contributed by atoms with van der Waals surface area (Å²) in [5.41, 5.74) is 1.09. The van der Waals surface area contributed by atoms with Crippen molar-refractivity contribution in [2.75, 3.05) is 44.0 Å². The van der Waals surface area contributed by atoms with E-state index >= 15 is 0 Å². The third-order valence-corrected chi connectivity index (χ3v) is 8.70. The highest BCUT2D eigenvalue weighted by Gasteiger charge is 2.36. The van der Waals surface area contributed by atoms with Crippen molar-refractivity contribution in [2.24, 2.45) is 0 Å². The molecule has 10 nitrogen and oxygen atoms in total. The molecule has 0 bridgehead atoms. The lowest BCUT2D eigenvalue weighted by atomic mass is 9.89. The number of carbonyl (C=O) groups excluding carboxylic acids is 2. The second-order valence-corrected chi connectivity index (χ2v) is 11.5. The molecule has 2 fully saturated rings. The maximum absolute atomic E-state index is 13.9. The summed E-state index contributed by atoms with van der Waals surface area (Å²) in [6.45, 7) is 3.44. The van der Waals surface area contributed by atoms with Crippen LogP contribution in [0.1, 0.15) is 63.9 Å². The van der Waals surface area contributed by atoms with Gasteiger partial charge in [0, 0.05) is 48.9 Å². The van der Waals surface area contributed by atoms with Crippen LogP contribution >= 0.6 is 0 Å². The minimum atomic E-state index is -4.74. The Morgan fingerprint density at radius 1 is 1.02 bits per heavy atom. The summed E-state index contributed by atoms with van der Waals surface area (Å²) in [6, 6.07) is 10.4. The molecule has 3 N–H and O–H groups in total. The normalized spacial score (nSPS) is 20.4. The van der Waals surface area contributed by atoms with Gasteiger partial charge in [-0.05, 0) is 61.9 Å². The van der Waals surface area contributed by atoms with Crippen LogP contribution in [-0.2, 0) is 17.3 Å². The number of fused-ring (bicyclic) bond motifs is 1. The van der Waals surface area contributed by atoms with Crippen molar-refractivity contribution < 1.29 is 32.2 Å². The first-order valence-electron chi connectivity index (χ1n) is 15.1. The van der Waals surface area contributed by atoms with E-state index in [0.717, 1.165) is 57.6 Å². The van der Waals surface area contributed by atoms with Crippen molar-refractivity contribution in [3.63, 3.8) is 0 Å². The number of aromatic nitrogens is 2. The van der Waals surface area contributed by atoms with Crippen LogP contribution in [0.4, 0.5) is 36.3 Å². The fraction of sp³-hybridized carbons (Fsp3) is 0.438. The van der Waals surface area contributed by atoms with Gasteiger partial charge in [0.05, 0.1) is 31.7 Å². The van der Waals surface area contributed by atoms with Crippen molar-refractivity contribution in [1.82, 2.24) is 20.2 Å². The smallest absolute Gasteiger partial charge is 0.421 e. The molecule has 0 atom stereocenters. The Labute approximate surface area is 258 Å². The number of aryl methyl sites for hydroxylation is 1. The topological polar surface area (TPSA) is 118 Å². The average molecular weight is 625 g/mol. The zero-order chi connectivity index (χ0) is 31.6. The Morgan fingerprint density at radius 2 is 1.80 bits per heavy atom. The Balaban J connectivity index is 1.15. The number of nitrogens with one attached hydrogen (secondary N) is 3. The standard InChI is InChI=1S/C32H35F3N6O4/c1-44-27-17-20(30(43)37-21-7-9-22(10-8-21)41-13-15-45-16-14-41)5-11-24(27)39-31-36-18-23(32(33,34)35)29(40-31)38-25-4-2-3-19-6-12-26(42)28(19)25/h2-5,11,17-18,21-22H,6-10,12-16H2,1H3,(H,37,43)(H2,36,38,39,40). The zero-order valence-electron chi connectivity index (χ0n) is 24.9. The first-order chi connectivity index (χ1) is 21.7. The lowest BCUT2D eigenvalue weighted by molar-refractivity contribution is -0.137. The Bertz CT molecular complexity index is 1570. The van der Waals surface area contributed by atoms with Crippen LogP contribution in [0.2, 0.25) is 0 Å². The SMILES string of the molecule is COc1cc(C(=O)NC2CCC(N3CCOCC3)CC2)ccc1Nc1ncc(C(F)(F)F)c(Nc2cccc3c2C(=O)CC3)n1. The monoisotopic (exact) mass is 624 g/mol. The molecule has 2 heterocycles. The fourth-order valence-electron chi connectivity index (χ4n) is 6.34. The molecule has 0 unspecified atom stereocenters. The number of ketones is 1. The molecular formula is C32H35F3N6O4. The van der Waals surface area contributed by atoms with E-state index in [9.17, 15) is 22.8 Å². The predicted octanol–water partition coefficient (Wildman–Crippen LogP) is 5.49. The summed E-state index contributed by atoms with van der Waals surface area (Å²) in [4.78, 5) is 36.0. The lowest BCUT2D eigenvalue weighted by Crippen LogP contribution is -2.47. The molecule has 0 spiro atoms. The van der Waals surface area contributed by atoms with E-state index in [0.29, 0.717) is 47.6 Å². The van der Waals surface area contributed by atoms with E-state index in [2.05, 4.69) is 30.8 Å². The zero-order valence-corrected chi connectivity index (χ0v) is 24.9. The fourth-order valence-corrected chi connectivity index (χ4v) is 6.34. The third-order valence-electron chi connectivity index (χ3n) is 8.70. The summed E-state index contributed by atoms with van der Waals surface area (Å²) in [5.74, 6) is -0.688. The number of benzene rings is 2. The number of amides is 1. The van der Waals surface area contributed by atoms with E-state index < -0.39 is 17.6 Å². The number of hydrogen-bond donors (Lipinski definition) is 3. The summed E-state index contributed by atoms with van der Waals surface area (Å²) in [5, 5.41) is 8.76. The van der Waals surface area contributed by atoms with Gasteiger partial charge in [-0.15, -0.1) is 0 Å². The van der Waals surface area contributed by atoms with Gasteiger partial charge < -0.3 is 25.4 Å². The van der Waals surface area contributed by atoms with Gasteiger partial charge in [0.1, 0.15) is 17.1 Å². The quantitative estimate of drug-likeness (QED) is 0.299. The molecule has 1 saturated heterocycles. The van der Waals surface area contributed by atoms with Crippen molar-refractivity contribution in [2.45, 2.75) is 56.8 Å². The molecular weight excluding hydrogens is 589 g/mol. The molecule has 13 heteroatoms. The Hall–Kier alpha value is -4.23. The summed E-state index contributed by atoms with van der Waals surface area (Å²) in [6.07, 6.45) is 0.616. The van der Waals surface area contributed by atoms with Crippen molar-refractivity contribution in [3.05, 3.63) is 64.8 Å². The Kier molecular flexibility index (Phi) is 8.90. The first kappa shape index (κ1) is 30.8.